The number of nitrogens with zero attached hydrogens (tertiary/aromatic N) is 8. The fourth-order valence-corrected chi connectivity index (χ4v) is 7.52. The molecule has 0 atom stereocenters. The Bertz CT molecular complexity index is 2920. The topological polar surface area (TPSA) is 220 Å². The summed E-state index contributed by atoms with van der Waals surface area (Å²) in [4.78, 5) is 55.0. The van der Waals surface area contributed by atoms with Crippen LogP contribution < -0.4 is 31.8 Å². The molecule has 0 aliphatic carbocycles. The summed E-state index contributed by atoms with van der Waals surface area (Å²) in [5.74, 6) is 4.29. The van der Waals surface area contributed by atoms with Gasteiger partial charge in [-0.15, -0.1) is 12.4 Å². The Morgan fingerprint density at radius 1 is 0.647 bits per heavy atom. The molecule has 8 aromatic rings. The first-order valence-corrected chi connectivity index (χ1v) is 21.4. The van der Waals surface area contributed by atoms with Crippen molar-refractivity contribution in [2.45, 2.75) is 0 Å². The number of anilines is 6. The molecule has 0 unspecified atom stereocenters. The fraction of sp³-hybridized carbons (Fsp3) is 0.208. The molecule has 0 bridgehead atoms. The number of ether oxygens (including phenoxy) is 2. The largest absolute Gasteiger partial charge is 0.478 e. The van der Waals surface area contributed by atoms with E-state index < -0.39 is 5.97 Å². The molecule has 6 N–H and O–H groups in total. The van der Waals surface area contributed by atoms with E-state index in [9.17, 15) is 14.7 Å². The molecule has 20 heteroatoms. The number of carbonyl (C=O) groups excluding carboxylic acids is 1. The Labute approximate surface area is 397 Å². The van der Waals surface area contributed by atoms with Crippen molar-refractivity contribution in [1.82, 2.24) is 34.2 Å². The fourth-order valence-electron chi connectivity index (χ4n) is 7.52. The maximum Gasteiger partial charge on any atom is 0.335 e. The SMILES string of the molecule is CON.CONC(=O)c1cccc(-c2cn3ccnc3c(Nc3ccc(N4CCOCC4)cc3)n2)c1.Cl.O=C(O)c1cccc(-c2cn3ccnc3c(Nc3ccc(N4CCOCC4)cc3)n2)c1. The average molecular weight is 943 g/mol. The number of aromatic nitrogens is 6. The van der Waals surface area contributed by atoms with E-state index in [0.717, 1.165) is 80.8 Å². The lowest BCUT2D eigenvalue weighted by atomic mass is 10.1. The van der Waals surface area contributed by atoms with Crippen LogP contribution in [0.25, 0.3) is 33.8 Å². The molecule has 2 aliphatic heterocycles. The molecule has 4 aromatic carbocycles. The molecule has 352 valence electrons. The molecule has 0 spiro atoms. The number of nitrogens with one attached hydrogen (secondary N) is 3. The number of carboxylic acids is 1. The first-order valence-electron chi connectivity index (χ1n) is 21.4. The van der Waals surface area contributed by atoms with Gasteiger partial charge in [-0.2, -0.15) is 0 Å². The number of carboxylic acid groups (broad SMARTS) is 1. The third kappa shape index (κ3) is 11.8. The van der Waals surface area contributed by atoms with Crippen LogP contribution in [-0.2, 0) is 19.1 Å². The van der Waals surface area contributed by atoms with Crippen molar-refractivity contribution in [1.29, 1.82) is 0 Å². The average Bonchev–Trinajstić information content (AvgIpc) is 4.07. The maximum absolute atomic E-state index is 12.2. The summed E-state index contributed by atoms with van der Waals surface area (Å²) in [6, 6.07) is 30.4. The summed E-state index contributed by atoms with van der Waals surface area (Å²) >= 11 is 0. The van der Waals surface area contributed by atoms with Crippen molar-refractivity contribution in [2.75, 3.05) is 87.3 Å². The van der Waals surface area contributed by atoms with Gasteiger partial charge in [0.05, 0.1) is 57.6 Å². The van der Waals surface area contributed by atoms with Crippen LogP contribution in [-0.4, -0.2) is 113 Å². The van der Waals surface area contributed by atoms with Crippen LogP contribution in [0.3, 0.4) is 0 Å². The summed E-state index contributed by atoms with van der Waals surface area (Å²) in [5.41, 5.74) is 11.5. The number of fused-ring (bicyclic) bond motifs is 2. The van der Waals surface area contributed by atoms with Crippen LogP contribution in [0.2, 0.25) is 0 Å². The van der Waals surface area contributed by atoms with E-state index in [1.54, 1.807) is 42.7 Å². The van der Waals surface area contributed by atoms with E-state index >= 15 is 0 Å². The minimum absolute atomic E-state index is 0. The number of benzene rings is 4. The number of nitrogens with two attached hydrogens (primary N) is 1. The summed E-state index contributed by atoms with van der Waals surface area (Å²) in [6.45, 7) is 6.57. The number of carbonyl (C=O) groups is 2. The zero-order valence-electron chi connectivity index (χ0n) is 37.3. The molecular weight excluding hydrogens is 892 g/mol. The van der Waals surface area contributed by atoms with E-state index in [1.165, 1.54) is 19.9 Å². The summed E-state index contributed by atoms with van der Waals surface area (Å²) in [6.07, 6.45) is 10.9. The van der Waals surface area contributed by atoms with Gasteiger partial charge < -0.3 is 48.7 Å². The number of halogens is 1. The van der Waals surface area contributed by atoms with Gasteiger partial charge in [-0.05, 0) is 72.8 Å². The van der Waals surface area contributed by atoms with Crippen LogP contribution in [0.15, 0.2) is 134 Å². The van der Waals surface area contributed by atoms with Gasteiger partial charge in [0.25, 0.3) is 5.91 Å². The molecule has 1 amide bonds. The predicted molar refractivity (Wildman–Crippen MR) is 262 cm³/mol. The minimum Gasteiger partial charge on any atom is -0.478 e. The van der Waals surface area contributed by atoms with Crippen LogP contribution >= 0.6 is 12.4 Å². The Balaban J connectivity index is 0.000000188. The molecule has 19 nitrogen and oxygen atoms in total. The van der Waals surface area contributed by atoms with Gasteiger partial charge >= 0.3 is 5.97 Å². The lowest BCUT2D eigenvalue weighted by molar-refractivity contribution is 0.0537. The quantitative estimate of drug-likeness (QED) is 0.0836. The molecule has 68 heavy (non-hydrogen) atoms. The number of imidazole rings is 2. The first-order chi connectivity index (χ1) is 32.8. The van der Waals surface area contributed by atoms with Crippen LogP contribution in [0.5, 0.6) is 0 Å². The van der Waals surface area contributed by atoms with Crippen molar-refractivity contribution < 1.29 is 33.8 Å². The lowest BCUT2D eigenvalue weighted by Crippen LogP contribution is -2.36. The predicted octanol–water partition coefficient (Wildman–Crippen LogP) is 6.87. The number of hydrogen-bond donors (Lipinski definition) is 5. The number of amides is 1. The zero-order valence-corrected chi connectivity index (χ0v) is 38.1. The van der Waals surface area contributed by atoms with Crippen LogP contribution in [0.1, 0.15) is 20.7 Å². The van der Waals surface area contributed by atoms with Crippen molar-refractivity contribution in [3.8, 4) is 22.5 Å². The van der Waals surface area contributed by atoms with Gasteiger partial charge in [-0.1, -0.05) is 24.3 Å². The van der Waals surface area contributed by atoms with E-state index in [-0.39, 0.29) is 23.9 Å². The zero-order chi connectivity index (χ0) is 46.5. The van der Waals surface area contributed by atoms with Gasteiger partial charge in [0, 0.05) is 103 Å². The number of aromatic carboxylic acids is 1. The molecule has 4 aromatic heterocycles. The van der Waals surface area contributed by atoms with E-state index in [4.69, 9.17) is 24.3 Å². The van der Waals surface area contributed by atoms with Crippen molar-refractivity contribution >= 4 is 70.0 Å². The third-order valence-electron chi connectivity index (χ3n) is 10.8. The Kier molecular flexibility index (Phi) is 16.5. The normalized spacial score (nSPS) is 13.3. The maximum atomic E-state index is 12.2. The monoisotopic (exact) mass is 942 g/mol. The van der Waals surface area contributed by atoms with E-state index in [2.05, 4.69) is 70.9 Å². The van der Waals surface area contributed by atoms with Gasteiger partial charge in [-0.3, -0.25) is 9.63 Å². The van der Waals surface area contributed by atoms with Gasteiger partial charge in [0.2, 0.25) is 0 Å². The highest BCUT2D eigenvalue weighted by atomic mass is 35.5. The molecule has 2 fully saturated rings. The van der Waals surface area contributed by atoms with E-state index in [1.807, 2.05) is 76.1 Å². The molecular formula is C48H51ClN12O7. The highest BCUT2D eigenvalue weighted by Crippen LogP contribution is 2.29. The van der Waals surface area contributed by atoms with Gasteiger partial charge in [0.15, 0.2) is 22.9 Å². The summed E-state index contributed by atoms with van der Waals surface area (Å²) in [7, 11) is 2.81. The minimum atomic E-state index is -0.968. The second-order valence-electron chi connectivity index (χ2n) is 15.1. The second-order valence-corrected chi connectivity index (χ2v) is 15.1. The van der Waals surface area contributed by atoms with Crippen molar-refractivity contribution in [2.24, 2.45) is 5.90 Å². The summed E-state index contributed by atoms with van der Waals surface area (Å²) in [5, 5.41) is 16.1. The standard InChI is InChI=1S/C24H24N6O3.C23H21N5O3.CH5NO.ClH/c1-32-28-24(31)18-4-2-3-17(15-18)21-16-30-10-9-25-23(30)22(27-21)26-19-5-7-20(8-6-19)29-11-13-33-14-12-29;29-23(30)17-3-1-2-16(14-17)20-15-28-9-8-24-22(28)21(26-20)25-18-4-6-19(7-5-18)27-10-12-31-13-11-27;1-3-2;/h2-10,15-16H,11-14H2,1H3,(H,26,27)(H,28,31);1-9,14-15H,10-13H2,(H,25,26)(H,29,30);2H2,1H3;1H. The second kappa shape index (κ2) is 23.2. The van der Waals surface area contributed by atoms with E-state index in [0.29, 0.717) is 39.9 Å². The van der Waals surface area contributed by atoms with Crippen molar-refractivity contribution in [3.05, 3.63) is 145 Å². The highest BCUT2D eigenvalue weighted by Gasteiger charge is 2.16. The first kappa shape index (κ1) is 48.3. The van der Waals surface area contributed by atoms with Gasteiger partial charge in [0.1, 0.15) is 0 Å². The summed E-state index contributed by atoms with van der Waals surface area (Å²) < 4.78 is 14.6. The molecule has 0 radical (unpaired) electrons. The lowest BCUT2D eigenvalue weighted by Gasteiger charge is -2.28. The smallest absolute Gasteiger partial charge is 0.335 e. The van der Waals surface area contributed by atoms with Crippen LogP contribution in [0, 0.1) is 0 Å². The molecule has 0 saturated carbocycles. The van der Waals surface area contributed by atoms with Crippen LogP contribution in [0.4, 0.5) is 34.4 Å². The number of hydrogen-bond acceptors (Lipinski definition) is 15. The Hall–Kier alpha value is -7.65. The highest BCUT2D eigenvalue weighted by molar-refractivity contribution is 5.94. The van der Waals surface area contributed by atoms with Crippen molar-refractivity contribution in [3.63, 3.8) is 0 Å². The number of rotatable bonds is 11. The number of morpholine rings is 2. The Morgan fingerprint density at radius 3 is 1.50 bits per heavy atom. The number of hydroxylamine groups is 1. The molecule has 6 heterocycles. The Morgan fingerprint density at radius 2 is 1.07 bits per heavy atom. The molecule has 2 aliphatic rings. The molecule has 2 saturated heterocycles. The van der Waals surface area contributed by atoms with Gasteiger partial charge in [-0.25, -0.2) is 36.1 Å². The third-order valence-corrected chi connectivity index (χ3v) is 10.8. The molecule has 10 rings (SSSR count).